The van der Waals surface area contributed by atoms with Crippen molar-refractivity contribution in [2.75, 3.05) is 7.05 Å². The van der Waals surface area contributed by atoms with E-state index in [2.05, 4.69) is 4.98 Å². The third-order valence-corrected chi connectivity index (χ3v) is 6.47. The van der Waals surface area contributed by atoms with Crippen molar-refractivity contribution in [2.24, 2.45) is 5.92 Å². The molecule has 2 rings (SSSR count). The predicted octanol–water partition coefficient (Wildman–Crippen LogP) is 0.935. The van der Waals surface area contributed by atoms with Gasteiger partial charge in [0.2, 0.25) is 0 Å². The lowest BCUT2D eigenvalue weighted by atomic mass is 9.80. The summed E-state index contributed by atoms with van der Waals surface area (Å²) in [6.07, 6.45) is 2.10. The molecule has 0 radical (unpaired) electrons. The minimum Gasteiger partial charge on any atom is -0.481 e. The smallest absolute Gasteiger partial charge is 0.306 e. The van der Waals surface area contributed by atoms with Crippen LogP contribution in [-0.2, 0) is 14.8 Å². The van der Waals surface area contributed by atoms with Gasteiger partial charge in [0, 0.05) is 13.1 Å². The molecule has 1 saturated carbocycles. The van der Waals surface area contributed by atoms with E-state index in [1.165, 1.54) is 17.5 Å². The molecule has 0 saturated heterocycles. The molecule has 1 aliphatic carbocycles. The van der Waals surface area contributed by atoms with Gasteiger partial charge >= 0.3 is 5.97 Å². The highest BCUT2D eigenvalue weighted by atomic mass is 32.2. The van der Waals surface area contributed by atoms with Gasteiger partial charge in [-0.05, 0) is 19.8 Å². The minimum atomic E-state index is -3.53. The first kappa shape index (κ1) is 13.4. The monoisotopic (exact) mass is 290 g/mol. The van der Waals surface area contributed by atoms with Crippen LogP contribution in [0.4, 0.5) is 0 Å². The van der Waals surface area contributed by atoms with Gasteiger partial charge < -0.3 is 5.11 Å². The fraction of sp³-hybridized carbons (Fsp3) is 0.600. The van der Waals surface area contributed by atoms with Gasteiger partial charge in [0.25, 0.3) is 10.0 Å². The van der Waals surface area contributed by atoms with Crippen LogP contribution in [0.15, 0.2) is 10.4 Å². The minimum absolute atomic E-state index is 0.210. The summed E-state index contributed by atoms with van der Waals surface area (Å²) in [5.74, 6) is -1.28. The standard InChI is InChI=1S/C10H14N2O4S2/c1-6-11-5-9(17-6)18(15,16)12(2)8-3-7(4-8)10(13)14/h5,7-8H,3-4H2,1-2H3,(H,13,14). The molecule has 8 heteroatoms. The van der Waals surface area contributed by atoms with Crippen LogP contribution in [0, 0.1) is 12.8 Å². The maximum atomic E-state index is 12.2. The molecular formula is C10H14N2O4S2. The Bertz CT molecular complexity index is 560. The fourth-order valence-electron chi connectivity index (χ4n) is 1.89. The molecule has 1 aromatic heterocycles. The fourth-order valence-corrected chi connectivity index (χ4v) is 4.56. The van der Waals surface area contributed by atoms with Crippen LogP contribution >= 0.6 is 11.3 Å². The SMILES string of the molecule is Cc1ncc(S(=O)(=O)N(C)C2CC(C(=O)O)C2)s1. The molecule has 1 heterocycles. The van der Waals surface area contributed by atoms with E-state index in [1.54, 1.807) is 6.92 Å². The number of thiazole rings is 1. The van der Waals surface area contributed by atoms with Crippen LogP contribution in [-0.4, -0.2) is 41.9 Å². The van der Waals surface area contributed by atoms with Gasteiger partial charge in [-0.15, -0.1) is 11.3 Å². The van der Waals surface area contributed by atoms with Gasteiger partial charge in [-0.25, -0.2) is 13.4 Å². The molecule has 0 spiro atoms. The third kappa shape index (κ3) is 2.27. The van der Waals surface area contributed by atoms with Gasteiger partial charge in [0.15, 0.2) is 4.21 Å². The van der Waals surface area contributed by atoms with Crippen LogP contribution in [0.2, 0.25) is 0 Å². The van der Waals surface area contributed by atoms with Crippen molar-refractivity contribution < 1.29 is 18.3 Å². The number of sulfonamides is 1. The quantitative estimate of drug-likeness (QED) is 0.891. The molecule has 1 aliphatic rings. The first-order valence-corrected chi connectivity index (χ1v) is 7.71. The number of carboxylic acid groups (broad SMARTS) is 1. The number of aryl methyl sites for hydroxylation is 1. The van der Waals surface area contributed by atoms with E-state index in [0.717, 1.165) is 11.3 Å². The number of aromatic nitrogens is 1. The maximum Gasteiger partial charge on any atom is 0.306 e. The van der Waals surface area contributed by atoms with E-state index in [-0.39, 0.29) is 10.3 Å². The molecule has 0 bridgehead atoms. The van der Waals surface area contributed by atoms with E-state index in [4.69, 9.17) is 5.11 Å². The van der Waals surface area contributed by atoms with E-state index in [0.29, 0.717) is 17.8 Å². The van der Waals surface area contributed by atoms with Gasteiger partial charge in [0.1, 0.15) is 0 Å². The van der Waals surface area contributed by atoms with Crippen molar-refractivity contribution in [1.29, 1.82) is 0 Å². The lowest BCUT2D eigenvalue weighted by Crippen LogP contribution is -2.47. The molecule has 1 aromatic rings. The van der Waals surface area contributed by atoms with E-state index < -0.39 is 21.9 Å². The average molecular weight is 290 g/mol. The summed E-state index contributed by atoms with van der Waals surface area (Å²) in [7, 11) is -2.04. The first-order valence-electron chi connectivity index (χ1n) is 5.45. The number of nitrogens with zero attached hydrogens (tertiary/aromatic N) is 2. The number of carboxylic acids is 1. The molecule has 1 N–H and O–H groups in total. The molecule has 0 aliphatic heterocycles. The second kappa shape index (κ2) is 4.60. The molecule has 0 unspecified atom stereocenters. The van der Waals surface area contributed by atoms with Gasteiger partial charge in [0.05, 0.1) is 17.1 Å². The molecular weight excluding hydrogens is 276 g/mol. The summed E-state index contributed by atoms with van der Waals surface area (Å²) in [4.78, 5) is 14.6. The summed E-state index contributed by atoms with van der Waals surface area (Å²) in [5, 5.41) is 9.47. The highest BCUT2D eigenvalue weighted by molar-refractivity contribution is 7.91. The zero-order valence-corrected chi connectivity index (χ0v) is 11.7. The van der Waals surface area contributed by atoms with Crippen molar-refractivity contribution >= 4 is 27.3 Å². The molecule has 100 valence electrons. The summed E-state index contributed by atoms with van der Waals surface area (Å²) in [5.41, 5.74) is 0. The van der Waals surface area contributed by atoms with Crippen LogP contribution in [0.1, 0.15) is 17.8 Å². The average Bonchev–Trinajstić information content (AvgIpc) is 2.62. The Morgan fingerprint density at radius 3 is 2.61 bits per heavy atom. The predicted molar refractivity (Wildman–Crippen MR) is 65.9 cm³/mol. The van der Waals surface area contributed by atoms with Crippen LogP contribution in [0.25, 0.3) is 0 Å². The Morgan fingerprint density at radius 1 is 1.56 bits per heavy atom. The number of rotatable bonds is 4. The van der Waals surface area contributed by atoms with Gasteiger partial charge in [-0.1, -0.05) is 0 Å². The largest absolute Gasteiger partial charge is 0.481 e. The summed E-state index contributed by atoms with van der Waals surface area (Å²) in [6, 6.07) is -0.224. The number of hydrogen-bond acceptors (Lipinski definition) is 5. The molecule has 18 heavy (non-hydrogen) atoms. The Labute approximate surface area is 109 Å². The second-order valence-corrected chi connectivity index (χ2v) is 7.84. The van der Waals surface area contributed by atoms with E-state index in [9.17, 15) is 13.2 Å². The van der Waals surface area contributed by atoms with Gasteiger partial charge in [-0.3, -0.25) is 4.79 Å². The lowest BCUT2D eigenvalue weighted by molar-refractivity contribution is -0.146. The Kier molecular flexibility index (Phi) is 3.43. The number of carbonyl (C=O) groups is 1. The number of hydrogen-bond donors (Lipinski definition) is 1. The summed E-state index contributed by atoms with van der Waals surface area (Å²) in [6.45, 7) is 1.74. The zero-order valence-electron chi connectivity index (χ0n) is 10.0. The highest BCUT2D eigenvalue weighted by Crippen LogP contribution is 2.34. The first-order chi connectivity index (χ1) is 8.32. The van der Waals surface area contributed by atoms with Crippen LogP contribution in [0.5, 0.6) is 0 Å². The van der Waals surface area contributed by atoms with Crippen molar-refractivity contribution in [3.63, 3.8) is 0 Å². The van der Waals surface area contributed by atoms with Crippen LogP contribution < -0.4 is 0 Å². The molecule has 1 fully saturated rings. The normalized spacial score (nSPS) is 23.9. The van der Waals surface area contributed by atoms with Crippen molar-refractivity contribution in [1.82, 2.24) is 9.29 Å². The number of aliphatic carboxylic acids is 1. The Balaban J connectivity index is 2.10. The maximum absolute atomic E-state index is 12.2. The lowest BCUT2D eigenvalue weighted by Gasteiger charge is -2.37. The van der Waals surface area contributed by atoms with Gasteiger partial charge in [-0.2, -0.15) is 4.31 Å². The van der Waals surface area contributed by atoms with E-state index >= 15 is 0 Å². The molecule has 0 amide bonds. The zero-order chi connectivity index (χ0) is 13.5. The van der Waals surface area contributed by atoms with Crippen molar-refractivity contribution in [2.45, 2.75) is 30.0 Å². The summed E-state index contributed by atoms with van der Waals surface area (Å²) >= 11 is 1.13. The topological polar surface area (TPSA) is 87.6 Å². The van der Waals surface area contributed by atoms with Crippen molar-refractivity contribution in [3.8, 4) is 0 Å². The molecule has 0 atom stereocenters. The van der Waals surface area contributed by atoms with E-state index in [1.807, 2.05) is 0 Å². The Morgan fingerprint density at radius 2 is 2.17 bits per heavy atom. The highest BCUT2D eigenvalue weighted by Gasteiger charge is 2.41. The Hall–Kier alpha value is -0.990. The summed E-state index contributed by atoms with van der Waals surface area (Å²) < 4.78 is 25.9. The third-order valence-electron chi connectivity index (χ3n) is 3.21. The molecule has 0 aromatic carbocycles. The van der Waals surface area contributed by atoms with Crippen molar-refractivity contribution in [3.05, 3.63) is 11.2 Å². The second-order valence-electron chi connectivity index (χ2n) is 4.38. The van der Waals surface area contributed by atoms with Crippen LogP contribution in [0.3, 0.4) is 0 Å². The molecule has 6 nitrogen and oxygen atoms in total.